The summed E-state index contributed by atoms with van der Waals surface area (Å²) in [5.74, 6) is 1.78. The van der Waals surface area contributed by atoms with Gasteiger partial charge in [-0.3, -0.25) is 0 Å². The van der Waals surface area contributed by atoms with Gasteiger partial charge in [-0.2, -0.15) is 0 Å². The van der Waals surface area contributed by atoms with Crippen molar-refractivity contribution in [3.8, 4) is 0 Å². The zero-order valence-electron chi connectivity index (χ0n) is 21.7. The van der Waals surface area contributed by atoms with Crippen LogP contribution < -0.4 is 5.73 Å². The maximum absolute atomic E-state index is 12.1. The molecule has 5 aliphatic carbocycles. The number of amides is 1. The van der Waals surface area contributed by atoms with Crippen molar-refractivity contribution in [1.29, 1.82) is 0 Å². The third-order valence-corrected chi connectivity index (χ3v) is 13.3. The molecule has 1 amide bonds. The summed E-state index contributed by atoms with van der Waals surface area (Å²) in [5, 5.41) is 22.9. The highest BCUT2D eigenvalue weighted by molar-refractivity contribution is 5.64. The molecule has 192 valence electrons. The van der Waals surface area contributed by atoms with Crippen molar-refractivity contribution in [2.75, 3.05) is 6.61 Å². The van der Waals surface area contributed by atoms with Gasteiger partial charge in [-0.1, -0.05) is 34.6 Å². The summed E-state index contributed by atoms with van der Waals surface area (Å²) in [5.41, 5.74) is 5.68. The van der Waals surface area contributed by atoms with Crippen LogP contribution >= 0.6 is 0 Å². The van der Waals surface area contributed by atoms with Crippen LogP contribution in [0.4, 0.5) is 4.79 Å². The van der Waals surface area contributed by atoms with Crippen LogP contribution in [0.25, 0.3) is 0 Å². The zero-order valence-corrected chi connectivity index (χ0v) is 21.7. The van der Waals surface area contributed by atoms with Gasteiger partial charge in [0.2, 0.25) is 0 Å². The molecule has 1 aliphatic heterocycles. The third-order valence-electron chi connectivity index (χ3n) is 13.3. The molecule has 34 heavy (non-hydrogen) atoms. The molecule has 6 rings (SSSR count). The minimum Gasteiger partial charge on any atom is -0.447 e. The Morgan fingerprint density at radius 3 is 2.41 bits per heavy atom. The van der Waals surface area contributed by atoms with Gasteiger partial charge in [0.05, 0.1) is 24.4 Å². The second-order valence-corrected chi connectivity index (χ2v) is 14.3. The number of fused-ring (bicyclic) bond motifs is 4. The van der Waals surface area contributed by atoms with E-state index in [4.69, 9.17) is 15.2 Å². The Morgan fingerprint density at radius 1 is 1.03 bits per heavy atom. The van der Waals surface area contributed by atoms with Crippen LogP contribution in [-0.4, -0.2) is 47.3 Å². The first-order chi connectivity index (χ1) is 15.8. The van der Waals surface area contributed by atoms with E-state index in [1.807, 2.05) is 0 Å². The van der Waals surface area contributed by atoms with E-state index in [1.165, 1.54) is 12.8 Å². The maximum Gasteiger partial charge on any atom is 0.404 e. The van der Waals surface area contributed by atoms with E-state index < -0.39 is 12.2 Å². The summed E-state index contributed by atoms with van der Waals surface area (Å²) in [6.45, 7) is 11.9. The molecule has 1 heterocycles. The van der Waals surface area contributed by atoms with Gasteiger partial charge in [-0.25, -0.2) is 4.79 Å². The van der Waals surface area contributed by atoms with Crippen LogP contribution in [0.5, 0.6) is 0 Å². The van der Waals surface area contributed by atoms with Gasteiger partial charge in [0.1, 0.15) is 6.61 Å². The summed E-state index contributed by atoms with van der Waals surface area (Å²) in [7, 11) is 0. The van der Waals surface area contributed by atoms with E-state index in [9.17, 15) is 15.0 Å². The molecule has 0 unspecified atom stereocenters. The van der Waals surface area contributed by atoms with Gasteiger partial charge in [-0.05, 0) is 96.7 Å². The number of primary amides is 1. The average molecular weight is 476 g/mol. The molecule has 6 heteroatoms. The fourth-order valence-corrected chi connectivity index (χ4v) is 11.7. The van der Waals surface area contributed by atoms with Crippen molar-refractivity contribution >= 4 is 6.09 Å². The number of carbonyl (C=O) groups excluding carboxylic acids is 1. The second kappa shape index (κ2) is 6.92. The molecular formula is C28H45NO5. The number of rotatable bonds is 2. The lowest BCUT2D eigenvalue weighted by molar-refractivity contribution is -0.182. The van der Waals surface area contributed by atoms with Crippen LogP contribution in [0.3, 0.4) is 0 Å². The molecular weight excluding hydrogens is 430 g/mol. The van der Waals surface area contributed by atoms with Gasteiger partial charge < -0.3 is 25.4 Å². The highest BCUT2D eigenvalue weighted by Gasteiger charge is 2.84. The number of aliphatic hydroxyl groups is 2. The van der Waals surface area contributed by atoms with E-state index in [2.05, 4.69) is 34.6 Å². The molecule has 12 atom stereocenters. The first-order valence-corrected chi connectivity index (χ1v) is 13.8. The fraction of sp³-hybridized carbons (Fsp3) is 0.964. The number of hydrogen-bond donors (Lipinski definition) is 3. The van der Waals surface area contributed by atoms with E-state index in [1.54, 1.807) is 0 Å². The smallest absolute Gasteiger partial charge is 0.404 e. The predicted molar refractivity (Wildman–Crippen MR) is 128 cm³/mol. The van der Waals surface area contributed by atoms with Gasteiger partial charge in [0.25, 0.3) is 0 Å². The molecule has 0 radical (unpaired) electrons. The minimum absolute atomic E-state index is 0.0259. The lowest BCUT2D eigenvalue weighted by Crippen LogP contribution is -2.59. The van der Waals surface area contributed by atoms with Crippen LogP contribution in [0.2, 0.25) is 0 Å². The van der Waals surface area contributed by atoms with Gasteiger partial charge in [0.15, 0.2) is 0 Å². The topological polar surface area (TPSA) is 102 Å². The molecule has 2 spiro atoms. The highest BCUT2D eigenvalue weighted by atomic mass is 16.6. The standard InChI is InChI=1S/C28H45NO5/c1-15-12-16(13-33-23(29)32)34-21-20(15)25(4)10-11-28-14-27(28)9-8-19(30)24(2,3)17(27)6-7-18(28)26(25,5)22(21)31/h15-22,30-31H,6-14H2,1-5H3,(H2,29,32)/t15-,16-,17+,18+,19+,20+,21+,22+,25-,26-,27-,28+/m1/s1. The first kappa shape index (κ1) is 23.5. The Labute approximate surface area is 204 Å². The van der Waals surface area contributed by atoms with Crippen LogP contribution in [0.15, 0.2) is 0 Å². The lowest BCUT2D eigenvalue weighted by Gasteiger charge is -2.63. The predicted octanol–water partition coefficient (Wildman–Crippen LogP) is 4.26. The largest absolute Gasteiger partial charge is 0.447 e. The number of hydrogen-bond acceptors (Lipinski definition) is 5. The molecule has 6 nitrogen and oxygen atoms in total. The molecule has 0 aromatic rings. The van der Waals surface area contributed by atoms with Crippen molar-refractivity contribution in [2.24, 2.45) is 56.5 Å². The molecule has 0 aromatic carbocycles. The summed E-state index contributed by atoms with van der Waals surface area (Å²) in [6.07, 6.45) is 6.99. The van der Waals surface area contributed by atoms with Crippen molar-refractivity contribution in [3.63, 3.8) is 0 Å². The second-order valence-electron chi connectivity index (χ2n) is 14.3. The summed E-state index contributed by atoms with van der Waals surface area (Å²) in [4.78, 5) is 11.2. The van der Waals surface area contributed by atoms with Crippen LogP contribution in [0, 0.1) is 50.7 Å². The molecule has 6 fully saturated rings. The number of nitrogens with two attached hydrogens (primary N) is 1. The summed E-state index contributed by atoms with van der Waals surface area (Å²) in [6, 6.07) is 0. The Morgan fingerprint density at radius 2 is 1.71 bits per heavy atom. The van der Waals surface area contributed by atoms with Crippen molar-refractivity contribution < 1.29 is 24.5 Å². The number of carbonyl (C=O) groups is 1. The molecule has 4 N–H and O–H groups in total. The zero-order chi connectivity index (χ0) is 24.5. The Hall–Kier alpha value is -0.850. The van der Waals surface area contributed by atoms with Crippen LogP contribution in [-0.2, 0) is 9.47 Å². The Balaban J connectivity index is 1.34. The number of ether oxygens (including phenoxy) is 2. The van der Waals surface area contributed by atoms with Crippen molar-refractivity contribution in [1.82, 2.24) is 0 Å². The van der Waals surface area contributed by atoms with E-state index in [-0.39, 0.29) is 41.2 Å². The Kier molecular flexibility index (Phi) is 4.79. The lowest BCUT2D eigenvalue weighted by atomic mass is 9.41. The number of aliphatic hydroxyl groups excluding tert-OH is 2. The quantitative estimate of drug-likeness (QED) is 0.554. The SMILES string of the molecule is C[C@@H]1C[C@H](COC(N)=O)O[C@H]2[C@H]1[C@@]1(C)CC[C@@]34C[C@@]35CC[C@H](O)C(C)(C)[C@@H]5CC[C@H]4[C@]1(C)[C@H]2O. The van der Waals surface area contributed by atoms with Gasteiger partial charge in [-0.15, -0.1) is 0 Å². The average Bonchev–Trinajstić information content (AvgIpc) is 3.40. The Bertz CT molecular complexity index is 892. The van der Waals surface area contributed by atoms with Gasteiger partial charge in [0, 0.05) is 5.41 Å². The first-order valence-electron chi connectivity index (χ1n) is 13.8. The van der Waals surface area contributed by atoms with Crippen LogP contribution in [0.1, 0.15) is 86.0 Å². The molecule has 1 saturated heterocycles. The van der Waals surface area contributed by atoms with Gasteiger partial charge >= 0.3 is 6.09 Å². The van der Waals surface area contributed by atoms with E-state index in [0.29, 0.717) is 34.5 Å². The molecule has 5 saturated carbocycles. The highest BCUT2D eigenvalue weighted by Crippen LogP contribution is 2.89. The van der Waals surface area contributed by atoms with E-state index >= 15 is 0 Å². The minimum atomic E-state index is -0.767. The molecule has 0 bridgehead atoms. The molecule has 6 aliphatic rings. The molecule has 0 aromatic heterocycles. The maximum atomic E-state index is 12.1. The summed E-state index contributed by atoms with van der Waals surface area (Å²) < 4.78 is 11.6. The monoisotopic (exact) mass is 475 g/mol. The summed E-state index contributed by atoms with van der Waals surface area (Å²) >= 11 is 0. The fourth-order valence-electron chi connectivity index (χ4n) is 11.7. The van der Waals surface area contributed by atoms with Crippen molar-refractivity contribution in [3.05, 3.63) is 0 Å². The third kappa shape index (κ3) is 2.51. The van der Waals surface area contributed by atoms with Crippen molar-refractivity contribution in [2.45, 2.75) is 110 Å². The normalized spacial score (nSPS) is 59.0. The van der Waals surface area contributed by atoms with E-state index in [0.717, 1.165) is 38.5 Å².